The number of aliphatic carboxylic acids is 1. The number of carbonyl (C=O) groups is 1. The number of hydrogen-bond acceptors (Lipinski definition) is 10. The summed E-state index contributed by atoms with van der Waals surface area (Å²) in [5.74, 6) is -0.332. The Kier molecular flexibility index (Phi) is 17.6. The van der Waals surface area contributed by atoms with Gasteiger partial charge in [-0.05, 0) is 12.1 Å². The van der Waals surface area contributed by atoms with E-state index in [4.69, 9.17) is 38.3 Å². The molecule has 0 saturated carbocycles. The first kappa shape index (κ1) is 28.7. The molecule has 1 N–H and O–H groups in total. The fourth-order valence-electron chi connectivity index (χ4n) is 2.24. The quantitative estimate of drug-likeness (QED) is 0.140. The number of benzene rings is 1. The van der Waals surface area contributed by atoms with Crippen LogP contribution in [-0.4, -0.2) is 102 Å². The van der Waals surface area contributed by atoms with Crippen molar-refractivity contribution in [1.82, 2.24) is 0 Å². The number of non-ortho nitro benzene ring substituents is 1. The molecule has 0 radical (unpaired) electrons. The Balaban J connectivity index is 1.74. The van der Waals surface area contributed by atoms with E-state index in [9.17, 15) is 14.9 Å². The number of carboxylic acid groups (broad SMARTS) is 1. The maximum absolute atomic E-state index is 10.6. The summed E-state index contributed by atoms with van der Waals surface area (Å²) in [5.41, 5.74) is 0.0208. The van der Waals surface area contributed by atoms with Crippen LogP contribution in [0.2, 0.25) is 0 Å². The number of hydrogen-bond donors (Lipinski definition) is 1. The van der Waals surface area contributed by atoms with Gasteiger partial charge >= 0.3 is 5.97 Å². The molecule has 0 aliphatic carbocycles. The summed E-state index contributed by atoms with van der Waals surface area (Å²) >= 11 is 0. The predicted octanol–water partition coefficient (Wildman–Crippen LogP) is 1.55. The molecule has 0 amide bonds. The molecule has 188 valence electrons. The lowest BCUT2D eigenvalue weighted by Gasteiger charge is -2.09. The molecule has 1 aromatic rings. The average Bonchev–Trinajstić information content (AvgIpc) is 2.80. The number of rotatable bonds is 23. The number of ether oxygens (including phenoxy) is 7. The van der Waals surface area contributed by atoms with Crippen LogP contribution in [0.4, 0.5) is 5.69 Å². The minimum Gasteiger partial charge on any atom is -0.491 e. The summed E-state index contributed by atoms with van der Waals surface area (Å²) < 4.78 is 37.3. The maximum atomic E-state index is 10.6. The summed E-state index contributed by atoms with van der Waals surface area (Å²) in [6, 6.07) is 5.87. The predicted molar refractivity (Wildman–Crippen MR) is 116 cm³/mol. The Hall–Kier alpha value is -2.35. The zero-order valence-electron chi connectivity index (χ0n) is 18.7. The van der Waals surface area contributed by atoms with Gasteiger partial charge in [0.2, 0.25) is 0 Å². The first-order valence-corrected chi connectivity index (χ1v) is 10.6. The average molecular weight is 475 g/mol. The molecule has 1 rings (SSSR count). The molecule has 0 aromatic heterocycles. The van der Waals surface area contributed by atoms with E-state index in [0.717, 1.165) is 0 Å². The molecule has 0 aliphatic rings. The second kappa shape index (κ2) is 20.3. The van der Waals surface area contributed by atoms with Crippen molar-refractivity contribution in [3.05, 3.63) is 34.4 Å². The Morgan fingerprint density at radius 2 is 1.03 bits per heavy atom. The zero-order valence-corrected chi connectivity index (χ0v) is 18.7. The van der Waals surface area contributed by atoms with E-state index in [1.807, 2.05) is 0 Å². The summed E-state index contributed by atoms with van der Waals surface area (Å²) in [7, 11) is 0. The highest BCUT2D eigenvalue weighted by Crippen LogP contribution is 2.16. The van der Waals surface area contributed by atoms with Gasteiger partial charge in [0, 0.05) is 12.1 Å². The van der Waals surface area contributed by atoms with Crippen LogP contribution in [0.3, 0.4) is 0 Å². The Morgan fingerprint density at radius 1 is 0.667 bits per heavy atom. The van der Waals surface area contributed by atoms with E-state index in [0.29, 0.717) is 85.0 Å². The van der Waals surface area contributed by atoms with Gasteiger partial charge in [0.05, 0.1) is 90.6 Å². The van der Waals surface area contributed by atoms with Crippen molar-refractivity contribution in [3.8, 4) is 5.75 Å². The number of nitro groups is 1. The van der Waals surface area contributed by atoms with Gasteiger partial charge < -0.3 is 38.3 Å². The largest absolute Gasteiger partial charge is 0.491 e. The Labute approximate surface area is 192 Å². The van der Waals surface area contributed by atoms with Gasteiger partial charge in [-0.25, -0.2) is 0 Å². The maximum Gasteiger partial charge on any atom is 0.305 e. The summed E-state index contributed by atoms with van der Waals surface area (Å²) in [4.78, 5) is 20.4. The van der Waals surface area contributed by atoms with Crippen molar-refractivity contribution < 1.29 is 48.0 Å². The molecular formula is C21H33NO11. The van der Waals surface area contributed by atoms with E-state index in [1.54, 1.807) is 12.1 Å². The van der Waals surface area contributed by atoms with Gasteiger partial charge in [0.1, 0.15) is 12.4 Å². The molecule has 0 aliphatic heterocycles. The van der Waals surface area contributed by atoms with Crippen molar-refractivity contribution in [2.24, 2.45) is 0 Å². The third-order valence-electron chi connectivity index (χ3n) is 3.86. The van der Waals surface area contributed by atoms with Gasteiger partial charge in [0.25, 0.3) is 5.69 Å². The van der Waals surface area contributed by atoms with Gasteiger partial charge in [-0.3, -0.25) is 14.9 Å². The lowest BCUT2D eigenvalue weighted by atomic mass is 10.3. The fraction of sp³-hybridized carbons (Fsp3) is 0.667. The zero-order chi connectivity index (χ0) is 24.0. The van der Waals surface area contributed by atoms with Crippen molar-refractivity contribution in [2.75, 3.05) is 85.9 Å². The first-order valence-electron chi connectivity index (χ1n) is 10.6. The highest BCUT2D eigenvalue weighted by Gasteiger charge is 2.04. The molecule has 1 aromatic carbocycles. The molecule has 12 heteroatoms. The molecular weight excluding hydrogens is 442 g/mol. The van der Waals surface area contributed by atoms with E-state index in [2.05, 4.69) is 0 Å². The molecule has 0 saturated heterocycles. The van der Waals surface area contributed by atoms with Gasteiger partial charge in [-0.1, -0.05) is 0 Å². The van der Waals surface area contributed by atoms with Gasteiger partial charge in [-0.2, -0.15) is 0 Å². The van der Waals surface area contributed by atoms with Crippen LogP contribution in [0, 0.1) is 10.1 Å². The third kappa shape index (κ3) is 17.8. The summed E-state index contributed by atoms with van der Waals surface area (Å²) in [6.45, 7) is 5.23. The lowest BCUT2D eigenvalue weighted by molar-refractivity contribution is -0.384. The van der Waals surface area contributed by atoms with Gasteiger partial charge in [0.15, 0.2) is 0 Å². The topological polar surface area (TPSA) is 145 Å². The normalized spacial score (nSPS) is 10.9. The third-order valence-corrected chi connectivity index (χ3v) is 3.86. The fourth-order valence-corrected chi connectivity index (χ4v) is 2.24. The smallest absolute Gasteiger partial charge is 0.305 e. The molecule has 0 unspecified atom stereocenters. The SMILES string of the molecule is O=C(O)CCOCCOCCOCCOCCOCCOCCOc1ccc([N+](=O)[O-])cc1. The Morgan fingerprint density at radius 3 is 1.39 bits per heavy atom. The van der Waals surface area contributed by atoms with Crippen LogP contribution in [-0.2, 0) is 33.2 Å². The van der Waals surface area contributed by atoms with Crippen LogP contribution >= 0.6 is 0 Å². The van der Waals surface area contributed by atoms with Crippen LogP contribution in [0.5, 0.6) is 5.75 Å². The molecule has 0 heterocycles. The number of nitrogens with zero attached hydrogens (tertiary/aromatic N) is 1. The van der Waals surface area contributed by atoms with Crippen molar-refractivity contribution in [3.63, 3.8) is 0 Å². The minimum atomic E-state index is -0.881. The molecule has 12 nitrogen and oxygen atoms in total. The van der Waals surface area contributed by atoms with Gasteiger partial charge in [-0.15, -0.1) is 0 Å². The molecule has 0 atom stereocenters. The number of carboxylic acids is 1. The minimum absolute atomic E-state index is 0.00880. The summed E-state index contributed by atoms with van der Waals surface area (Å²) in [6.07, 6.45) is -0.00880. The monoisotopic (exact) mass is 475 g/mol. The standard InChI is InChI=1S/C21H33NO11/c23-21(24)5-6-27-7-8-28-9-10-29-11-12-30-13-14-31-15-16-32-17-18-33-20-3-1-19(2-4-20)22(25)26/h1-4H,5-18H2,(H,23,24). The van der Waals surface area contributed by atoms with Crippen LogP contribution in [0.1, 0.15) is 6.42 Å². The van der Waals surface area contributed by atoms with E-state index in [1.165, 1.54) is 12.1 Å². The Bertz CT molecular complexity index is 627. The van der Waals surface area contributed by atoms with E-state index >= 15 is 0 Å². The lowest BCUT2D eigenvalue weighted by Crippen LogP contribution is -2.15. The van der Waals surface area contributed by atoms with E-state index < -0.39 is 10.9 Å². The van der Waals surface area contributed by atoms with Crippen molar-refractivity contribution >= 4 is 11.7 Å². The number of nitro benzene ring substituents is 1. The van der Waals surface area contributed by atoms with Crippen molar-refractivity contribution in [1.29, 1.82) is 0 Å². The highest BCUT2D eigenvalue weighted by molar-refractivity contribution is 5.66. The van der Waals surface area contributed by atoms with Crippen molar-refractivity contribution in [2.45, 2.75) is 6.42 Å². The second-order valence-electron chi connectivity index (χ2n) is 6.42. The summed E-state index contributed by atoms with van der Waals surface area (Å²) in [5, 5.41) is 19.0. The van der Waals surface area contributed by atoms with Crippen LogP contribution in [0.15, 0.2) is 24.3 Å². The van der Waals surface area contributed by atoms with Crippen LogP contribution in [0.25, 0.3) is 0 Å². The molecule has 0 bridgehead atoms. The molecule has 0 fully saturated rings. The molecule has 0 spiro atoms. The second-order valence-corrected chi connectivity index (χ2v) is 6.42. The highest BCUT2D eigenvalue weighted by atomic mass is 16.6. The van der Waals surface area contributed by atoms with E-state index in [-0.39, 0.29) is 18.7 Å². The molecule has 33 heavy (non-hydrogen) atoms. The van der Waals surface area contributed by atoms with Crippen LogP contribution < -0.4 is 4.74 Å². The first-order chi connectivity index (χ1) is 16.1.